The van der Waals surface area contributed by atoms with Crippen molar-refractivity contribution in [2.24, 2.45) is 0 Å². The zero-order valence-electron chi connectivity index (χ0n) is 11.2. The van der Waals surface area contributed by atoms with Gasteiger partial charge in [0.1, 0.15) is 11.9 Å². The van der Waals surface area contributed by atoms with E-state index >= 15 is 0 Å². The van der Waals surface area contributed by atoms with E-state index in [-0.39, 0.29) is 5.82 Å². The molecular formula is C14H14FN3O3. The average molecular weight is 291 g/mol. The molecule has 1 saturated heterocycles. The van der Waals surface area contributed by atoms with Gasteiger partial charge in [-0.25, -0.2) is 4.39 Å². The molecule has 1 aromatic carbocycles. The predicted molar refractivity (Wildman–Crippen MR) is 70.8 cm³/mol. The van der Waals surface area contributed by atoms with E-state index in [1.165, 1.54) is 12.1 Å². The minimum absolute atomic E-state index is 0.302. The zero-order chi connectivity index (χ0) is 14.8. The molecule has 2 heterocycles. The van der Waals surface area contributed by atoms with Crippen molar-refractivity contribution in [1.29, 1.82) is 0 Å². The fourth-order valence-electron chi connectivity index (χ4n) is 2.50. The summed E-state index contributed by atoms with van der Waals surface area (Å²) >= 11 is 0. The number of aliphatic carboxylic acids is 1. The molecule has 2 aromatic rings. The number of aromatic nitrogens is 2. The van der Waals surface area contributed by atoms with E-state index < -0.39 is 12.0 Å². The van der Waals surface area contributed by atoms with Crippen molar-refractivity contribution in [3.8, 4) is 11.5 Å². The van der Waals surface area contributed by atoms with Gasteiger partial charge in [-0.1, -0.05) is 0 Å². The number of benzene rings is 1. The quantitative estimate of drug-likeness (QED) is 0.927. The monoisotopic (exact) mass is 291 g/mol. The number of halogens is 1. The van der Waals surface area contributed by atoms with E-state index in [2.05, 4.69) is 10.2 Å². The lowest BCUT2D eigenvalue weighted by atomic mass is 10.2. The molecule has 0 spiro atoms. The topological polar surface area (TPSA) is 79.5 Å². The number of likely N-dealkylation sites (tertiary alicyclic amines) is 1. The van der Waals surface area contributed by atoms with Crippen molar-refractivity contribution in [1.82, 2.24) is 15.1 Å². The van der Waals surface area contributed by atoms with Crippen LogP contribution in [0, 0.1) is 5.82 Å². The summed E-state index contributed by atoms with van der Waals surface area (Å²) in [5.41, 5.74) is 0.631. The molecule has 0 bridgehead atoms. The molecule has 0 amide bonds. The summed E-state index contributed by atoms with van der Waals surface area (Å²) in [6, 6.07) is 5.26. The standard InChI is InChI=1S/C14H14FN3O3/c15-10-5-3-9(4-6-10)13-17-16-12(21-13)8-18-7-1-2-11(18)14(19)20/h3-6,11H,1-2,7-8H2,(H,19,20). The van der Waals surface area contributed by atoms with Crippen LogP contribution in [0.25, 0.3) is 11.5 Å². The smallest absolute Gasteiger partial charge is 0.320 e. The third kappa shape index (κ3) is 2.92. The van der Waals surface area contributed by atoms with E-state index in [9.17, 15) is 9.18 Å². The molecule has 7 heteroatoms. The summed E-state index contributed by atoms with van der Waals surface area (Å²) in [7, 11) is 0. The first kappa shape index (κ1) is 13.7. The van der Waals surface area contributed by atoms with Gasteiger partial charge in [0.15, 0.2) is 0 Å². The van der Waals surface area contributed by atoms with Crippen LogP contribution in [0.3, 0.4) is 0 Å². The Kier molecular flexibility index (Phi) is 3.66. The van der Waals surface area contributed by atoms with Crippen LogP contribution in [-0.2, 0) is 11.3 Å². The normalized spacial score (nSPS) is 19.0. The number of hydrogen-bond donors (Lipinski definition) is 1. The van der Waals surface area contributed by atoms with E-state index in [0.717, 1.165) is 6.42 Å². The van der Waals surface area contributed by atoms with Gasteiger partial charge >= 0.3 is 5.97 Å². The number of nitrogens with zero attached hydrogens (tertiary/aromatic N) is 3. The molecule has 1 aliphatic rings. The molecule has 1 aliphatic heterocycles. The Morgan fingerprint density at radius 1 is 1.38 bits per heavy atom. The number of carbonyl (C=O) groups is 1. The highest BCUT2D eigenvalue weighted by Crippen LogP contribution is 2.22. The van der Waals surface area contributed by atoms with Crippen molar-refractivity contribution in [3.05, 3.63) is 36.0 Å². The van der Waals surface area contributed by atoms with E-state index in [4.69, 9.17) is 9.52 Å². The van der Waals surface area contributed by atoms with E-state index in [1.54, 1.807) is 12.1 Å². The third-order valence-electron chi connectivity index (χ3n) is 3.55. The minimum Gasteiger partial charge on any atom is -0.480 e. The highest BCUT2D eigenvalue weighted by Gasteiger charge is 2.31. The van der Waals surface area contributed by atoms with Crippen molar-refractivity contribution >= 4 is 5.97 Å². The van der Waals surface area contributed by atoms with Crippen LogP contribution >= 0.6 is 0 Å². The summed E-state index contributed by atoms with van der Waals surface area (Å²) in [5.74, 6) is -0.496. The summed E-state index contributed by atoms with van der Waals surface area (Å²) in [6.07, 6.45) is 1.48. The second-order valence-electron chi connectivity index (χ2n) is 4.97. The maximum absolute atomic E-state index is 12.9. The van der Waals surface area contributed by atoms with Gasteiger partial charge in [0.2, 0.25) is 11.8 Å². The Morgan fingerprint density at radius 2 is 2.14 bits per heavy atom. The van der Waals surface area contributed by atoms with Gasteiger partial charge in [-0.3, -0.25) is 9.69 Å². The number of rotatable bonds is 4. The molecule has 0 saturated carbocycles. The van der Waals surface area contributed by atoms with Gasteiger partial charge in [-0.05, 0) is 43.7 Å². The predicted octanol–water partition coefficient (Wildman–Crippen LogP) is 1.92. The Balaban J connectivity index is 1.73. The van der Waals surface area contributed by atoms with Crippen molar-refractivity contribution < 1.29 is 18.7 Å². The van der Waals surface area contributed by atoms with Gasteiger partial charge in [0, 0.05) is 5.56 Å². The number of carboxylic acid groups (broad SMARTS) is 1. The van der Waals surface area contributed by atoms with Crippen molar-refractivity contribution in [2.75, 3.05) is 6.54 Å². The van der Waals surface area contributed by atoms with Gasteiger partial charge in [0.25, 0.3) is 0 Å². The molecule has 1 atom stereocenters. The first-order valence-electron chi connectivity index (χ1n) is 6.68. The number of hydrogen-bond acceptors (Lipinski definition) is 5. The fraction of sp³-hybridized carbons (Fsp3) is 0.357. The molecule has 1 unspecified atom stereocenters. The molecule has 0 radical (unpaired) electrons. The number of carboxylic acids is 1. The van der Waals surface area contributed by atoms with E-state index in [0.29, 0.717) is 36.9 Å². The average Bonchev–Trinajstić information content (AvgIpc) is 3.09. The lowest BCUT2D eigenvalue weighted by Crippen LogP contribution is -2.35. The third-order valence-corrected chi connectivity index (χ3v) is 3.55. The first-order valence-corrected chi connectivity index (χ1v) is 6.68. The Bertz CT molecular complexity index is 641. The second-order valence-corrected chi connectivity index (χ2v) is 4.97. The van der Waals surface area contributed by atoms with Gasteiger partial charge in [0.05, 0.1) is 6.54 Å². The van der Waals surface area contributed by atoms with E-state index in [1.807, 2.05) is 4.90 Å². The SMILES string of the molecule is O=C(O)C1CCCN1Cc1nnc(-c2ccc(F)cc2)o1. The maximum atomic E-state index is 12.9. The molecule has 3 rings (SSSR count). The largest absolute Gasteiger partial charge is 0.480 e. The first-order chi connectivity index (χ1) is 10.1. The molecule has 1 N–H and O–H groups in total. The summed E-state index contributed by atoms with van der Waals surface area (Å²) in [6.45, 7) is 1.01. The molecule has 0 aliphatic carbocycles. The van der Waals surface area contributed by atoms with Crippen LogP contribution in [0.1, 0.15) is 18.7 Å². The van der Waals surface area contributed by atoms with Crippen LogP contribution in [0.5, 0.6) is 0 Å². The lowest BCUT2D eigenvalue weighted by Gasteiger charge is -2.18. The van der Waals surface area contributed by atoms with Crippen LogP contribution in [0.4, 0.5) is 4.39 Å². The maximum Gasteiger partial charge on any atom is 0.320 e. The lowest BCUT2D eigenvalue weighted by molar-refractivity contribution is -0.142. The van der Waals surface area contributed by atoms with Crippen LogP contribution < -0.4 is 0 Å². The fourth-order valence-corrected chi connectivity index (χ4v) is 2.50. The van der Waals surface area contributed by atoms with Crippen molar-refractivity contribution in [3.63, 3.8) is 0 Å². The van der Waals surface area contributed by atoms with Gasteiger partial charge in [-0.15, -0.1) is 10.2 Å². The van der Waals surface area contributed by atoms with Crippen LogP contribution in [0.2, 0.25) is 0 Å². The molecule has 6 nitrogen and oxygen atoms in total. The van der Waals surface area contributed by atoms with Crippen LogP contribution in [0.15, 0.2) is 28.7 Å². The molecule has 110 valence electrons. The summed E-state index contributed by atoms with van der Waals surface area (Å²) < 4.78 is 18.4. The minimum atomic E-state index is -0.828. The second kappa shape index (κ2) is 5.61. The Hall–Kier alpha value is -2.28. The summed E-state index contributed by atoms with van der Waals surface area (Å²) in [5, 5.41) is 17.0. The Labute approximate surface area is 120 Å². The molecule has 21 heavy (non-hydrogen) atoms. The molecule has 1 aromatic heterocycles. The Morgan fingerprint density at radius 3 is 2.86 bits per heavy atom. The molecule has 1 fully saturated rings. The highest BCUT2D eigenvalue weighted by molar-refractivity contribution is 5.73. The van der Waals surface area contributed by atoms with Gasteiger partial charge < -0.3 is 9.52 Å². The molecular weight excluding hydrogens is 277 g/mol. The van der Waals surface area contributed by atoms with Gasteiger partial charge in [-0.2, -0.15) is 0 Å². The van der Waals surface area contributed by atoms with Crippen LogP contribution in [-0.4, -0.2) is 38.8 Å². The zero-order valence-corrected chi connectivity index (χ0v) is 11.2. The highest BCUT2D eigenvalue weighted by atomic mass is 19.1. The van der Waals surface area contributed by atoms with Crippen molar-refractivity contribution in [2.45, 2.75) is 25.4 Å². The summed E-state index contributed by atoms with van der Waals surface area (Å²) in [4.78, 5) is 12.9.